The Hall–Kier alpha value is 0.320. The average molecular weight is 338 g/mol. The van der Waals surface area contributed by atoms with E-state index in [1.54, 1.807) is 14.2 Å². The maximum Gasteiger partial charge on any atom is 0.0589 e. The van der Waals surface area contributed by atoms with Crippen LogP contribution in [0.25, 0.3) is 0 Å². The topological polar surface area (TPSA) is 30.9 Å². The fourth-order valence-electron chi connectivity index (χ4n) is 2.54. The van der Waals surface area contributed by atoms with Crippen molar-refractivity contribution in [2.24, 2.45) is 5.41 Å². The number of nitrogens with zero attached hydrogens (tertiary/aromatic N) is 1. The Balaban J connectivity index is 2.47. The molecule has 0 spiro atoms. The highest BCUT2D eigenvalue weighted by Crippen LogP contribution is 2.33. The van der Waals surface area contributed by atoms with Gasteiger partial charge in [-0.25, -0.2) is 0 Å². The van der Waals surface area contributed by atoms with Crippen molar-refractivity contribution in [3.63, 3.8) is 0 Å². The number of alkyl halides is 1. The Morgan fingerprint density at radius 1 is 1.11 bits per heavy atom. The highest BCUT2D eigenvalue weighted by molar-refractivity contribution is 9.09. The number of hydrogen-bond acceptors (Lipinski definition) is 4. The molecule has 4 nitrogen and oxygen atoms in total. The Labute approximate surface area is 125 Å². The maximum absolute atomic E-state index is 5.50. The van der Waals surface area contributed by atoms with E-state index < -0.39 is 0 Å². The maximum atomic E-state index is 5.50. The number of ether oxygens (including phenoxy) is 3. The van der Waals surface area contributed by atoms with Gasteiger partial charge in [0, 0.05) is 59.0 Å². The smallest absolute Gasteiger partial charge is 0.0589 e. The van der Waals surface area contributed by atoms with Crippen molar-refractivity contribution < 1.29 is 14.2 Å². The highest BCUT2D eigenvalue weighted by Gasteiger charge is 2.33. The van der Waals surface area contributed by atoms with Crippen molar-refractivity contribution in [2.75, 3.05) is 65.6 Å². The monoisotopic (exact) mass is 337 g/mol. The lowest BCUT2D eigenvalue weighted by Gasteiger charge is -2.40. The third kappa shape index (κ3) is 6.54. The molecule has 0 aromatic rings. The normalized spacial score (nSPS) is 18.9. The third-order valence-electron chi connectivity index (χ3n) is 3.83. The van der Waals surface area contributed by atoms with Gasteiger partial charge >= 0.3 is 0 Å². The van der Waals surface area contributed by atoms with Gasteiger partial charge in [0.1, 0.15) is 0 Å². The Morgan fingerprint density at radius 2 is 1.79 bits per heavy atom. The molecule has 0 aromatic heterocycles. The summed E-state index contributed by atoms with van der Waals surface area (Å²) in [6, 6.07) is 0. The summed E-state index contributed by atoms with van der Waals surface area (Å²) in [4.78, 5) is 2.51. The molecule has 0 radical (unpaired) electrons. The van der Waals surface area contributed by atoms with Gasteiger partial charge in [0.25, 0.3) is 0 Å². The van der Waals surface area contributed by atoms with Gasteiger partial charge in [-0.05, 0) is 24.7 Å². The SMILES string of the molecule is COCCCN(CCOC)CC1(CBr)CCOCC1. The van der Waals surface area contributed by atoms with E-state index in [9.17, 15) is 0 Å². The molecule has 1 saturated heterocycles. The summed E-state index contributed by atoms with van der Waals surface area (Å²) in [5, 5.41) is 1.05. The molecular weight excluding hydrogens is 310 g/mol. The predicted octanol–water partition coefficient (Wildman–Crippen LogP) is 2.16. The Morgan fingerprint density at radius 3 is 2.37 bits per heavy atom. The second-order valence-electron chi connectivity index (χ2n) is 5.36. The Kier molecular flexibility index (Phi) is 9.24. The van der Waals surface area contributed by atoms with Crippen molar-refractivity contribution in [3.05, 3.63) is 0 Å². The number of rotatable bonds is 10. The molecular formula is C14H28BrNO3. The molecule has 0 saturated carbocycles. The molecule has 0 unspecified atom stereocenters. The van der Waals surface area contributed by atoms with Crippen molar-refractivity contribution in [3.8, 4) is 0 Å². The quantitative estimate of drug-likeness (QED) is 0.451. The lowest BCUT2D eigenvalue weighted by Crippen LogP contribution is -2.44. The van der Waals surface area contributed by atoms with E-state index in [0.717, 1.165) is 70.7 Å². The number of methoxy groups -OCH3 is 2. The Bertz CT molecular complexity index is 223. The van der Waals surface area contributed by atoms with Gasteiger partial charge in [0.05, 0.1) is 6.61 Å². The van der Waals surface area contributed by atoms with Crippen LogP contribution in [0.3, 0.4) is 0 Å². The molecule has 1 heterocycles. The largest absolute Gasteiger partial charge is 0.385 e. The van der Waals surface area contributed by atoms with Crippen LogP contribution in [-0.2, 0) is 14.2 Å². The van der Waals surface area contributed by atoms with E-state index in [-0.39, 0.29) is 0 Å². The first-order valence-corrected chi connectivity index (χ1v) is 8.22. The lowest BCUT2D eigenvalue weighted by atomic mass is 9.82. The van der Waals surface area contributed by atoms with Crippen LogP contribution in [0, 0.1) is 5.41 Å². The predicted molar refractivity (Wildman–Crippen MR) is 81.1 cm³/mol. The van der Waals surface area contributed by atoms with Gasteiger partial charge in [-0.2, -0.15) is 0 Å². The second kappa shape index (κ2) is 10.1. The van der Waals surface area contributed by atoms with E-state index in [2.05, 4.69) is 20.8 Å². The molecule has 1 rings (SSSR count). The molecule has 0 bridgehead atoms. The molecule has 0 aromatic carbocycles. The van der Waals surface area contributed by atoms with Crippen LogP contribution in [0.1, 0.15) is 19.3 Å². The van der Waals surface area contributed by atoms with Crippen LogP contribution in [0.15, 0.2) is 0 Å². The lowest BCUT2D eigenvalue weighted by molar-refractivity contribution is 0.00333. The van der Waals surface area contributed by atoms with Crippen LogP contribution in [0.4, 0.5) is 0 Å². The van der Waals surface area contributed by atoms with Crippen molar-refractivity contribution >= 4 is 15.9 Å². The fraction of sp³-hybridized carbons (Fsp3) is 1.00. The van der Waals surface area contributed by atoms with Gasteiger partial charge in [0.15, 0.2) is 0 Å². The molecule has 1 aliphatic heterocycles. The zero-order chi connectivity index (χ0) is 14.0. The first kappa shape index (κ1) is 17.4. The summed E-state index contributed by atoms with van der Waals surface area (Å²) in [7, 11) is 3.53. The average Bonchev–Trinajstić information content (AvgIpc) is 2.46. The summed E-state index contributed by atoms with van der Waals surface area (Å²) in [5.41, 5.74) is 0.360. The molecule has 1 aliphatic rings. The first-order valence-electron chi connectivity index (χ1n) is 7.10. The number of halogens is 1. The molecule has 114 valence electrons. The zero-order valence-electron chi connectivity index (χ0n) is 12.3. The molecule has 0 N–H and O–H groups in total. The molecule has 0 amide bonds. The van der Waals surface area contributed by atoms with E-state index >= 15 is 0 Å². The van der Waals surface area contributed by atoms with Crippen LogP contribution < -0.4 is 0 Å². The molecule has 0 aliphatic carbocycles. The summed E-state index contributed by atoms with van der Waals surface area (Å²) in [5.74, 6) is 0. The van der Waals surface area contributed by atoms with Gasteiger partial charge in [-0.3, -0.25) is 0 Å². The summed E-state index contributed by atoms with van der Waals surface area (Å²) in [6.45, 7) is 6.59. The molecule has 5 heteroatoms. The summed E-state index contributed by atoms with van der Waals surface area (Å²) >= 11 is 3.71. The van der Waals surface area contributed by atoms with Gasteiger partial charge in [-0.15, -0.1) is 0 Å². The van der Waals surface area contributed by atoms with Crippen LogP contribution in [0.5, 0.6) is 0 Å². The molecule has 1 fully saturated rings. The van der Waals surface area contributed by atoms with Crippen molar-refractivity contribution in [1.82, 2.24) is 4.90 Å². The molecule has 0 atom stereocenters. The van der Waals surface area contributed by atoms with E-state index in [4.69, 9.17) is 14.2 Å². The third-order valence-corrected chi connectivity index (χ3v) is 5.02. The highest BCUT2D eigenvalue weighted by atomic mass is 79.9. The van der Waals surface area contributed by atoms with E-state index in [0.29, 0.717) is 5.41 Å². The van der Waals surface area contributed by atoms with Crippen molar-refractivity contribution in [2.45, 2.75) is 19.3 Å². The second-order valence-corrected chi connectivity index (χ2v) is 5.92. The van der Waals surface area contributed by atoms with E-state index in [1.165, 1.54) is 0 Å². The van der Waals surface area contributed by atoms with Crippen LogP contribution in [-0.4, -0.2) is 70.5 Å². The van der Waals surface area contributed by atoms with Crippen molar-refractivity contribution in [1.29, 1.82) is 0 Å². The number of hydrogen-bond donors (Lipinski definition) is 0. The minimum atomic E-state index is 0.360. The summed E-state index contributed by atoms with van der Waals surface area (Å²) in [6.07, 6.45) is 3.37. The fourth-order valence-corrected chi connectivity index (χ4v) is 3.27. The van der Waals surface area contributed by atoms with Gasteiger partial charge in [0.2, 0.25) is 0 Å². The minimum Gasteiger partial charge on any atom is -0.385 e. The van der Waals surface area contributed by atoms with E-state index in [1.807, 2.05) is 0 Å². The van der Waals surface area contributed by atoms with Gasteiger partial charge < -0.3 is 19.1 Å². The standard InChI is InChI=1S/C14H28BrNO3/c1-17-8-3-6-16(7-11-18-2)13-14(12-15)4-9-19-10-5-14/h3-13H2,1-2H3. The van der Waals surface area contributed by atoms with Gasteiger partial charge in [-0.1, -0.05) is 15.9 Å². The van der Waals surface area contributed by atoms with Crippen LogP contribution in [0.2, 0.25) is 0 Å². The van der Waals surface area contributed by atoms with Crippen LogP contribution >= 0.6 is 15.9 Å². The summed E-state index contributed by atoms with van der Waals surface area (Å²) < 4.78 is 15.9. The first-order chi connectivity index (χ1) is 9.26. The zero-order valence-corrected chi connectivity index (χ0v) is 13.9. The minimum absolute atomic E-state index is 0.360. The molecule has 19 heavy (non-hydrogen) atoms.